The summed E-state index contributed by atoms with van der Waals surface area (Å²) in [6.07, 6.45) is 6.67. The van der Waals surface area contributed by atoms with Gasteiger partial charge in [0.05, 0.1) is 18.8 Å². The maximum Gasteiger partial charge on any atom is 0.159 e. The van der Waals surface area contributed by atoms with Crippen LogP contribution in [0.25, 0.3) is 0 Å². The first kappa shape index (κ1) is 14.4. The van der Waals surface area contributed by atoms with E-state index in [9.17, 15) is 9.90 Å². The van der Waals surface area contributed by atoms with Crippen LogP contribution in [0.5, 0.6) is 0 Å². The Morgan fingerprint density at radius 1 is 1.32 bits per heavy atom. The molecule has 106 valence electrons. The van der Waals surface area contributed by atoms with Crippen LogP contribution in [0, 0.1) is 5.92 Å². The summed E-state index contributed by atoms with van der Waals surface area (Å²) >= 11 is 0. The number of carbonyl (C=O) groups excluding carboxylic acids is 1. The lowest BCUT2D eigenvalue weighted by Gasteiger charge is -2.37. The third-order valence-corrected chi connectivity index (χ3v) is 3.94. The molecule has 2 rings (SSSR count). The molecule has 0 aromatic carbocycles. The van der Waals surface area contributed by atoms with Crippen LogP contribution in [0.4, 0.5) is 0 Å². The number of allylic oxidation sites excluding steroid dienone is 1. The quantitative estimate of drug-likeness (QED) is 0.582. The molecular weight excluding hydrogens is 244 g/mol. The van der Waals surface area contributed by atoms with Crippen LogP contribution < -0.4 is 0 Å². The first-order valence-electron chi connectivity index (χ1n) is 6.95. The van der Waals surface area contributed by atoms with E-state index in [-0.39, 0.29) is 37.1 Å². The number of ketones is 1. The Hall–Kier alpha value is -0.970. The fraction of sp³-hybridized carbons (Fsp3) is 0.667. The van der Waals surface area contributed by atoms with Crippen molar-refractivity contribution < 1.29 is 19.7 Å². The summed E-state index contributed by atoms with van der Waals surface area (Å²) in [7, 11) is 0. The number of unbranched alkanes of at least 4 members (excludes halogenated alkanes) is 1. The van der Waals surface area contributed by atoms with Crippen LogP contribution >= 0.6 is 0 Å². The summed E-state index contributed by atoms with van der Waals surface area (Å²) < 4.78 is 5.99. The molecule has 2 aliphatic rings. The molecule has 1 unspecified atom stereocenters. The summed E-state index contributed by atoms with van der Waals surface area (Å²) in [4.78, 5) is 11.7. The zero-order valence-electron chi connectivity index (χ0n) is 11.3. The summed E-state index contributed by atoms with van der Waals surface area (Å²) in [6.45, 7) is 2.00. The van der Waals surface area contributed by atoms with Gasteiger partial charge >= 0.3 is 0 Å². The van der Waals surface area contributed by atoms with Crippen molar-refractivity contribution in [2.75, 3.05) is 13.2 Å². The Kier molecular flexibility index (Phi) is 4.91. The highest BCUT2D eigenvalue weighted by Gasteiger charge is 2.35. The first-order chi connectivity index (χ1) is 9.15. The van der Waals surface area contributed by atoms with E-state index in [0.717, 1.165) is 30.4 Å². The fourth-order valence-corrected chi connectivity index (χ4v) is 2.79. The molecule has 1 aliphatic carbocycles. The average Bonchev–Trinajstić information content (AvgIpc) is 2.40. The fourth-order valence-electron chi connectivity index (χ4n) is 2.79. The Bertz CT molecular complexity index is 397. The third kappa shape index (κ3) is 3.32. The number of aliphatic hydroxyl groups is 2. The summed E-state index contributed by atoms with van der Waals surface area (Å²) in [6, 6.07) is 0. The van der Waals surface area contributed by atoms with Gasteiger partial charge in [0, 0.05) is 18.9 Å². The maximum absolute atomic E-state index is 11.7. The first-order valence-corrected chi connectivity index (χ1v) is 6.95. The van der Waals surface area contributed by atoms with Crippen molar-refractivity contribution >= 4 is 5.78 Å². The van der Waals surface area contributed by atoms with Crippen molar-refractivity contribution in [1.29, 1.82) is 0 Å². The molecule has 0 radical (unpaired) electrons. The van der Waals surface area contributed by atoms with Gasteiger partial charge in [-0.05, 0) is 43.4 Å². The largest absolute Gasteiger partial charge is 0.396 e. The summed E-state index contributed by atoms with van der Waals surface area (Å²) in [5.74, 6) is 0.137. The van der Waals surface area contributed by atoms with Gasteiger partial charge in [-0.3, -0.25) is 4.79 Å². The molecule has 1 aliphatic heterocycles. The monoisotopic (exact) mass is 266 g/mol. The molecule has 0 amide bonds. The van der Waals surface area contributed by atoms with Crippen LogP contribution in [0.2, 0.25) is 0 Å². The van der Waals surface area contributed by atoms with Gasteiger partial charge in [-0.2, -0.15) is 0 Å². The van der Waals surface area contributed by atoms with E-state index in [1.54, 1.807) is 0 Å². The maximum atomic E-state index is 11.7. The number of Topliss-reactive ketones (excluding diaryl/α,β-unsaturated/α-hetero) is 1. The van der Waals surface area contributed by atoms with Crippen molar-refractivity contribution in [1.82, 2.24) is 0 Å². The van der Waals surface area contributed by atoms with E-state index in [0.29, 0.717) is 6.42 Å². The lowest BCUT2D eigenvalue weighted by molar-refractivity contribution is -0.119. The van der Waals surface area contributed by atoms with E-state index in [4.69, 9.17) is 9.84 Å². The van der Waals surface area contributed by atoms with Crippen molar-refractivity contribution in [2.24, 2.45) is 5.92 Å². The summed E-state index contributed by atoms with van der Waals surface area (Å²) in [5.41, 5.74) is 1.68. The van der Waals surface area contributed by atoms with Gasteiger partial charge in [0.1, 0.15) is 0 Å². The Morgan fingerprint density at radius 2 is 2.11 bits per heavy atom. The topological polar surface area (TPSA) is 66.8 Å². The number of hydrogen-bond donors (Lipinski definition) is 2. The van der Waals surface area contributed by atoms with Crippen LogP contribution in [0.3, 0.4) is 0 Å². The molecule has 0 saturated heterocycles. The van der Waals surface area contributed by atoms with Gasteiger partial charge in [-0.1, -0.05) is 6.08 Å². The average molecular weight is 266 g/mol. The van der Waals surface area contributed by atoms with Gasteiger partial charge in [-0.25, -0.2) is 0 Å². The standard InChI is InChI=1S/C15H22O4/c1-10-6-15-13(8-14(10)18)11(9-17)7-12(19-15)4-2-3-5-16/h6-7,12-13,15-17H,2-5,8-9H2,1H3/t12?,13-,15-/m1/s1. The predicted octanol–water partition coefficient (Wildman–Crippen LogP) is 1.37. The van der Waals surface area contributed by atoms with Crippen molar-refractivity contribution in [3.05, 3.63) is 23.3 Å². The molecular formula is C15H22O4. The number of carbonyl (C=O) groups is 1. The highest BCUT2D eigenvalue weighted by Crippen LogP contribution is 2.35. The highest BCUT2D eigenvalue weighted by molar-refractivity contribution is 5.96. The van der Waals surface area contributed by atoms with Crippen LogP contribution in [0.15, 0.2) is 23.3 Å². The number of fused-ring (bicyclic) bond motifs is 1. The Morgan fingerprint density at radius 3 is 2.79 bits per heavy atom. The molecule has 0 bridgehead atoms. The van der Waals surface area contributed by atoms with Gasteiger partial charge in [-0.15, -0.1) is 0 Å². The predicted molar refractivity (Wildman–Crippen MR) is 71.6 cm³/mol. The van der Waals surface area contributed by atoms with Crippen molar-refractivity contribution in [2.45, 2.75) is 44.8 Å². The number of rotatable bonds is 5. The molecule has 0 fully saturated rings. The van der Waals surface area contributed by atoms with Crippen LogP contribution in [0.1, 0.15) is 32.6 Å². The van der Waals surface area contributed by atoms with Gasteiger partial charge < -0.3 is 14.9 Å². The zero-order valence-corrected chi connectivity index (χ0v) is 11.3. The number of hydrogen-bond acceptors (Lipinski definition) is 4. The van der Waals surface area contributed by atoms with Gasteiger partial charge in [0.2, 0.25) is 0 Å². The molecule has 0 aromatic heterocycles. The molecule has 4 nitrogen and oxygen atoms in total. The normalized spacial score (nSPS) is 30.7. The second-order valence-corrected chi connectivity index (χ2v) is 5.34. The van der Waals surface area contributed by atoms with Crippen LogP contribution in [-0.4, -0.2) is 41.4 Å². The highest BCUT2D eigenvalue weighted by atomic mass is 16.5. The van der Waals surface area contributed by atoms with E-state index < -0.39 is 0 Å². The molecule has 1 heterocycles. The van der Waals surface area contributed by atoms with E-state index in [2.05, 4.69) is 0 Å². The zero-order chi connectivity index (χ0) is 13.8. The van der Waals surface area contributed by atoms with Crippen molar-refractivity contribution in [3.8, 4) is 0 Å². The lowest BCUT2D eigenvalue weighted by atomic mass is 9.79. The molecule has 0 aromatic rings. The Labute approximate surface area is 113 Å². The Balaban J connectivity index is 2.09. The lowest BCUT2D eigenvalue weighted by Crippen LogP contribution is -2.38. The van der Waals surface area contributed by atoms with Gasteiger partial charge in [0.15, 0.2) is 5.78 Å². The number of ether oxygens (including phenoxy) is 1. The minimum atomic E-state index is -0.0935. The second kappa shape index (κ2) is 6.46. The minimum absolute atomic E-state index is 0.00436. The molecule has 3 atom stereocenters. The molecule has 0 spiro atoms. The van der Waals surface area contributed by atoms with E-state index in [1.807, 2.05) is 19.1 Å². The minimum Gasteiger partial charge on any atom is -0.396 e. The van der Waals surface area contributed by atoms with E-state index in [1.165, 1.54) is 0 Å². The molecule has 19 heavy (non-hydrogen) atoms. The molecule has 2 N–H and O–H groups in total. The third-order valence-electron chi connectivity index (χ3n) is 3.94. The van der Waals surface area contributed by atoms with Crippen molar-refractivity contribution in [3.63, 3.8) is 0 Å². The second-order valence-electron chi connectivity index (χ2n) is 5.34. The molecule has 0 saturated carbocycles. The summed E-state index contributed by atoms with van der Waals surface area (Å²) in [5, 5.41) is 18.3. The number of aliphatic hydroxyl groups excluding tert-OH is 2. The van der Waals surface area contributed by atoms with E-state index >= 15 is 0 Å². The smallest absolute Gasteiger partial charge is 0.159 e. The van der Waals surface area contributed by atoms with Crippen LogP contribution in [-0.2, 0) is 9.53 Å². The van der Waals surface area contributed by atoms with Gasteiger partial charge in [0.25, 0.3) is 0 Å². The SMILES string of the molecule is CC1=C[C@H]2OC(CCCCO)C=C(CO)[C@H]2CC1=O. The molecule has 4 heteroatoms.